The molecule has 0 bridgehead atoms. The van der Waals surface area contributed by atoms with Gasteiger partial charge in [-0.15, -0.1) is 0 Å². The van der Waals surface area contributed by atoms with Gasteiger partial charge < -0.3 is 4.74 Å². The molecule has 0 atom stereocenters. The fourth-order valence-electron chi connectivity index (χ4n) is 2.59. The van der Waals surface area contributed by atoms with Crippen molar-refractivity contribution in [3.8, 4) is 28.5 Å². The maximum absolute atomic E-state index is 11.4. The van der Waals surface area contributed by atoms with E-state index in [2.05, 4.69) is 20.2 Å². The SMILES string of the molecule is Cc1nccc(-c2nc(-c3ccc(OCC(C)C)c([N+](=O)[O-])c3)n[nH]2)c1C. The van der Waals surface area contributed by atoms with Gasteiger partial charge in [0.15, 0.2) is 17.4 Å². The summed E-state index contributed by atoms with van der Waals surface area (Å²) in [7, 11) is 0. The molecule has 2 heterocycles. The minimum absolute atomic E-state index is 0.101. The Morgan fingerprint density at radius 1 is 1.26 bits per heavy atom. The highest BCUT2D eigenvalue weighted by Crippen LogP contribution is 2.32. The van der Waals surface area contributed by atoms with E-state index in [4.69, 9.17) is 4.74 Å². The topological polar surface area (TPSA) is 107 Å². The normalized spacial score (nSPS) is 11.0. The lowest BCUT2D eigenvalue weighted by Gasteiger charge is -2.09. The molecule has 8 nitrogen and oxygen atoms in total. The molecule has 0 fully saturated rings. The molecule has 0 saturated heterocycles. The zero-order valence-corrected chi connectivity index (χ0v) is 15.7. The number of nitro benzene ring substituents is 1. The number of aryl methyl sites for hydroxylation is 1. The van der Waals surface area contributed by atoms with Gasteiger partial charge in [-0.3, -0.25) is 20.2 Å². The maximum Gasteiger partial charge on any atom is 0.311 e. The minimum atomic E-state index is -0.455. The minimum Gasteiger partial charge on any atom is -0.487 e. The third kappa shape index (κ3) is 3.94. The number of benzene rings is 1. The molecule has 2 aromatic heterocycles. The van der Waals surface area contributed by atoms with E-state index in [1.165, 1.54) is 6.07 Å². The number of H-pyrrole nitrogens is 1. The van der Waals surface area contributed by atoms with Crippen molar-refractivity contribution >= 4 is 5.69 Å². The van der Waals surface area contributed by atoms with Crippen molar-refractivity contribution in [2.45, 2.75) is 27.7 Å². The summed E-state index contributed by atoms with van der Waals surface area (Å²) in [6.45, 7) is 8.27. The maximum atomic E-state index is 11.4. The number of hydrogen-bond donors (Lipinski definition) is 1. The fourth-order valence-corrected chi connectivity index (χ4v) is 2.59. The van der Waals surface area contributed by atoms with Crippen LogP contribution in [0.1, 0.15) is 25.1 Å². The number of aromatic amines is 1. The first-order valence-corrected chi connectivity index (χ1v) is 8.63. The van der Waals surface area contributed by atoms with Crippen LogP contribution in [0, 0.1) is 29.9 Å². The number of pyridine rings is 1. The third-order valence-electron chi connectivity index (χ3n) is 4.18. The van der Waals surface area contributed by atoms with Crippen molar-refractivity contribution in [2.75, 3.05) is 6.61 Å². The van der Waals surface area contributed by atoms with Crippen molar-refractivity contribution in [1.82, 2.24) is 20.2 Å². The number of ether oxygens (including phenoxy) is 1. The van der Waals surface area contributed by atoms with Gasteiger partial charge in [0, 0.05) is 29.1 Å². The van der Waals surface area contributed by atoms with Crippen LogP contribution in [0.25, 0.3) is 22.8 Å². The van der Waals surface area contributed by atoms with E-state index < -0.39 is 4.92 Å². The van der Waals surface area contributed by atoms with Crippen LogP contribution in [0.15, 0.2) is 30.5 Å². The van der Waals surface area contributed by atoms with E-state index in [9.17, 15) is 10.1 Å². The van der Waals surface area contributed by atoms with E-state index in [-0.39, 0.29) is 17.4 Å². The van der Waals surface area contributed by atoms with Crippen LogP contribution in [0.4, 0.5) is 5.69 Å². The van der Waals surface area contributed by atoms with E-state index in [0.717, 1.165) is 16.8 Å². The van der Waals surface area contributed by atoms with Gasteiger partial charge in [0.05, 0.1) is 11.5 Å². The molecule has 3 aromatic rings. The first-order valence-electron chi connectivity index (χ1n) is 8.63. The Labute approximate surface area is 156 Å². The molecule has 0 unspecified atom stereocenters. The van der Waals surface area contributed by atoms with Crippen molar-refractivity contribution in [3.63, 3.8) is 0 Å². The summed E-state index contributed by atoms with van der Waals surface area (Å²) in [5, 5.41) is 18.5. The molecule has 27 heavy (non-hydrogen) atoms. The van der Waals surface area contributed by atoms with Crippen molar-refractivity contribution < 1.29 is 9.66 Å². The summed E-state index contributed by atoms with van der Waals surface area (Å²) in [5.41, 5.74) is 3.25. The molecule has 0 aliphatic carbocycles. The van der Waals surface area contributed by atoms with Crippen LogP contribution in [0.2, 0.25) is 0 Å². The molecule has 0 aliphatic rings. The van der Waals surface area contributed by atoms with Gasteiger partial charge in [-0.2, -0.15) is 5.10 Å². The second-order valence-corrected chi connectivity index (χ2v) is 6.72. The number of nitrogens with zero attached hydrogens (tertiary/aromatic N) is 4. The molecular formula is C19H21N5O3. The van der Waals surface area contributed by atoms with Crippen LogP contribution in [0.3, 0.4) is 0 Å². The lowest BCUT2D eigenvalue weighted by molar-refractivity contribution is -0.385. The molecule has 3 rings (SSSR count). The van der Waals surface area contributed by atoms with E-state index in [0.29, 0.717) is 23.8 Å². The molecule has 1 aromatic carbocycles. The number of aromatic nitrogens is 4. The molecule has 1 N–H and O–H groups in total. The van der Waals surface area contributed by atoms with Gasteiger partial charge in [0.1, 0.15) is 0 Å². The summed E-state index contributed by atoms with van der Waals surface area (Å²) in [6.07, 6.45) is 1.71. The van der Waals surface area contributed by atoms with Gasteiger partial charge in [-0.05, 0) is 43.5 Å². The fraction of sp³-hybridized carbons (Fsp3) is 0.316. The lowest BCUT2D eigenvalue weighted by atomic mass is 10.1. The predicted octanol–water partition coefficient (Wildman–Crippen LogP) is 4.09. The van der Waals surface area contributed by atoms with Crippen LogP contribution in [0.5, 0.6) is 5.75 Å². The first kappa shape index (κ1) is 18.5. The van der Waals surface area contributed by atoms with Crippen LogP contribution >= 0.6 is 0 Å². The molecule has 140 valence electrons. The number of nitrogens with one attached hydrogen (secondary N) is 1. The summed E-state index contributed by atoms with van der Waals surface area (Å²) in [6, 6.07) is 6.61. The molecule has 0 radical (unpaired) electrons. The van der Waals surface area contributed by atoms with Gasteiger partial charge in [0.25, 0.3) is 0 Å². The highest BCUT2D eigenvalue weighted by Gasteiger charge is 2.19. The van der Waals surface area contributed by atoms with E-state index >= 15 is 0 Å². The van der Waals surface area contributed by atoms with Crippen molar-refractivity contribution in [3.05, 3.63) is 51.8 Å². The quantitative estimate of drug-likeness (QED) is 0.519. The molecule has 0 saturated carbocycles. The molecule has 0 aliphatic heterocycles. The van der Waals surface area contributed by atoms with Crippen LogP contribution < -0.4 is 4.74 Å². The van der Waals surface area contributed by atoms with Crippen LogP contribution in [-0.4, -0.2) is 31.7 Å². The number of rotatable bonds is 6. The van der Waals surface area contributed by atoms with Crippen molar-refractivity contribution in [2.24, 2.45) is 5.92 Å². The van der Waals surface area contributed by atoms with E-state index in [1.807, 2.05) is 33.8 Å². The van der Waals surface area contributed by atoms with Gasteiger partial charge in [0.2, 0.25) is 0 Å². The Morgan fingerprint density at radius 2 is 2.04 bits per heavy atom. The van der Waals surface area contributed by atoms with Crippen molar-refractivity contribution in [1.29, 1.82) is 0 Å². The van der Waals surface area contributed by atoms with Gasteiger partial charge >= 0.3 is 5.69 Å². The largest absolute Gasteiger partial charge is 0.487 e. The standard InChI is InChI=1S/C19H21N5O3/c1-11(2)10-27-17-6-5-14(9-16(17)24(25)26)18-21-19(23-22-18)15-7-8-20-13(4)12(15)3/h5-9,11H,10H2,1-4H3,(H,21,22,23). The van der Waals surface area contributed by atoms with E-state index in [1.54, 1.807) is 18.3 Å². The lowest BCUT2D eigenvalue weighted by Crippen LogP contribution is -2.06. The van der Waals surface area contributed by atoms with Gasteiger partial charge in [-0.25, -0.2) is 4.98 Å². The second-order valence-electron chi connectivity index (χ2n) is 6.72. The molecule has 8 heteroatoms. The van der Waals surface area contributed by atoms with Crippen LogP contribution in [-0.2, 0) is 0 Å². The first-order chi connectivity index (χ1) is 12.9. The summed E-state index contributed by atoms with van der Waals surface area (Å²) < 4.78 is 5.56. The zero-order chi connectivity index (χ0) is 19.6. The smallest absolute Gasteiger partial charge is 0.311 e. The molecule has 0 spiro atoms. The second kappa shape index (κ2) is 7.53. The third-order valence-corrected chi connectivity index (χ3v) is 4.18. The Bertz CT molecular complexity index is 981. The highest BCUT2D eigenvalue weighted by molar-refractivity contribution is 5.67. The average Bonchev–Trinajstić information content (AvgIpc) is 3.12. The predicted molar refractivity (Wildman–Crippen MR) is 102 cm³/mol. The monoisotopic (exact) mass is 367 g/mol. The summed E-state index contributed by atoms with van der Waals surface area (Å²) in [4.78, 5) is 19.7. The Morgan fingerprint density at radius 3 is 2.74 bits per heavy atom. The average molecular weight is 367 g/mol. The number of nitro groups is 1. The highest BCUT2D eigenvalue weighted by atomic mass is 16.6. The molecular weight excluding hydrogens is 346 g/mol. The Balaban J connectivity index is 1.95. The zero-order valence-electron chi connectivity index (χ0n) is 15.7. The Hall–Kier alpha value is -3.29. The summed E-state index contributed by atoms with van der Waals surface area (Å²) in [5.74, 6) is 1.49. The Kier molecular flexibility index (Phi) is 5.16. The molecule has 0 amide bonds. The number of hydrogen-bond acceptors (Lipinski definition) is 6. The van der Waals surface area contributed by atoms with Gasteiger partial charge in [-0.1, -0.05) is 13.8 Å². The summed E-state index contributed by atoms with van der Waals surface area (Å²) >= 11 is 0.